The summed E-state index contributed by atoms with van der Waals surface area (Å²) in [6, 6.07) is 5.89. The molecule has 1 aromatic carbocycles. The van der Waals surface area contributed by atoms with Crippen molar-refractivity contribution in [2.24, 2.45) is 11.1 Å². The molecule has 106 valence electrons. The quantitative estimate of drug-likeness (QED) is 0.798. The molecule has 2 aliphatic rings. The van der Waals surface area contributed by atoms with Crippen LogP contribution in [0.25, 0.3) is 0 Å². The van der Waals surface area contributed by atoms with Crippen LogP contribution in [-0.4, -0.2) is 17.3 Å². The number of hydrogen-bond acceptors (Lipinski definition) is 4. The van der Waals surface area contributed by atoms with Crippen molar-refractivity contribution in [1.29, 1.82) is 0 Å². The summed E-state index contributed by atoms with van der Waals surface area (Å²) in [6.45, 7) is 2.00. The molecule has 1 aliphatic heterocycles. The van der Waals surface area contributed by atoms with Crippen molar-refractivity contribution in [3.05, 3.63) is 35.6 Å². The molecule has 2 atom stereocenters. The standard InChI is InChI=1S/C15H16FNO3/c1-10-13-3-2-8-15(13,20-17-10)14(18)19-9-11-4-6-12(16)7-5-11/h4-7,13H,2-3,8-9H2,1H3. The van der Waals surface area contributed by atoms with E-state index in [9.17, 15) is 9.18 Å². The van der Waals surface area contributed by atoms with E-state index in [1.165, 1.54) is 12.1 Å². The number of hydrogen-bond donors (Lipinski definition) is 0. The van der Waals surface area contributed by atoms with Gasteiger partial charge in [-0.2, -0.15) is 0 Å². The van der Waals surface area contributed by atoms with E-state index in [4.69, 9.17) is 9.57 Å². The van der Waals surface area contributed by atoms with Gasteiger partial charge in [-0.3, -0.25) is 0 Å². The minimum Gasteiger partial charge on any atom is -0.458 e. The van der Waals surface area contributed by atoms with E-state index in [1.54, 1.807) is 12.1 Å². The first kappa shape index (κ1) is 13.1. The van der Waals surface area contributed by atoms with E-state index < -0.39 is 5.60 Å². The van der Waals surface area contributed by atoms with Crippen LogP contribution in [0.5, 0.6) is 0 Å². The second kappa shape index (κ2) is 4.89. The Morgan fingerprint density at radius 3 is 3.00 bits per heavy atom. The Morgan fingerprint density at radius 1 is 1.50 bits per heavy atom. The normalized spacial score (nSPS) is 27.7. The maximum Gasteiger partial charge on any atom is 0.354 e. The molecule has 0 bridgehead atoms. The minimum atomic E-state index is -0.926. The van der Waals surface area contributed by atoms with Crippen molar-refractivity contribution in [3.63, 3.8) is 0 Å². The molecule has 1 aliphatic carbocycles. The SMILES string of the molecule is CC1=NOC2(C(=O)OCc3ccc(F)cc3)CCCC12. The molecular formula is C15H16FNO3. The van der Waals surface area contributed by atoms with Crippen molar-refractivity contribution >= 4 is 11.7 Å². The maximum atomic E-state index is 12.8. The first-order chi connectivity index (χ1) is 9.62. The Balaban J connectivity index is 1.66. The molecule has 5 heteroatoms. The number of ether oxygens (including phenoxy) is 1. The number of nitrogens with zero attached hydrogens (tertiary/aromatic N) is 1. The van der Waals surface area contributed by atoms with Crippen LogP contribution in [0.3, 0.4) is 0 Å². The monoisotopic (exact) mass is 277 g/mol. The zero-order valence-corrected chi connectivity index (χ0v) is 11.3. The highest BCUT2D eigenvalue weighted by atomic mass is 19.1. The van der Waals surface area contributed by atoms with Gasteiger partial charge in [0.2, 0.25) is 5.60 Å². The Morgan fingerprint density at radius 2 is 2.25 bits per heavy atom. The average Bonchev–Trinajstić information content (AvgIpc) is 3.00. The first-order valence-corrected chi connectivity index (χ1v) is 6.76. The van der Waals surface area contributed by atoms with E-state index in [-0.39, 0.29) is 24.3 Å². The van der Waals surface area contributed by atoms with Crippen LogP contribution in [0.1, 0.15) is 31.7 Å². The molecular weight excluding hydrogens is 261 g/mol. The number of oxime groups is 1. The summed E-state index contributed by atoms with van der Waals surface area (Å²) in [6.07, 6.45) is 2.48. The number of carbonyl (C=O) groups excluding carboxylic acids is 1. The van der Waals surface area contributed by atoms with Crippen molar-refractivity contribution in [2.75, 3.05) is 0 Å². The molecule has 0 saturated heterocycles. The lowest BCUT2D eigenvalue weighted by atomic mass is 9.88. The average molecular weight is 277 g/mol. The van der Waals surface area contributed by atoms with Gasteiger partial charge in [-0.1, -0.05) is 17.3 Å². The number of fused-ring (bicyclic) bond motifs is 1. The van der Waals surface area contributed by atoms with Gasteiger partial charge in [0.05, 0.1) is 11.6 Å². The third kappa shape index (κ3) is 2.07. The minimum absolute atomic E-state index is 0.0308. The highest BCUT2D eigenvalue weighted by Crippen LogP contribution is 2.44. The lowest BCUT2D eigenvalue weighted by Gasteiger charge is -2.24. The Kier molecular flexibility index (Phi) is 3.20. The van der Waals surface area contributed by atoms with Gasteiger partial charge in [0.25, 0.3) is 0 Å². The molecule has 0 spiro atoms. The molecule has 0 amide bonds. The van der Waals surface area contributed by atoms with Crippen LogP contribution >= 0.6 is 0 Å². The summed E-state index contributed by atoms with van der Waals surface area (Å²) in [5.41, 5.74) is 0.687. The summed E-state index contributed by atoms with van der Waals surface area (Å²) >= 11 is 0. The second-order valence-corrected chi connectivity index (χ2v) is 5.36. The topological polar surface area (TPSA) is 47.9 Å². The van der Waals surface area contributed by atoms with Crippen molar-refractivity contribution < 1.29 is 18.8 Å². The van der Waals surface area contributed by atoms with E-state index >= 15 is 0 Å². The fraction of sp³-hybridized carbons (Fsp3) is 0.467. The predicted molar refractivity (Wildman–Crippen MR) is 70.5 cm³/mol. The van der Waals surface area contributed by atoms with E-state index in [0.29, 0.717) is 6.42 Å². The molecule has 1 saturated carbocycles. The predicted octanol–water partition coefficient (Wildman–Crippen LogP) is 2.81. The van der Waals surface area contributed by atoms with Gasteiger partial charge in [0.1, 0.15) is 12.4 Å². The highest BCUT2D eigenvalue weighted by Gasteiger charge is 2.57. The van der Waals surface area contributed by atoms with E-state index in [0.717, 1.165) is 24.1 Å². The van der Waals surface area contributed by atoms with Crippen molar-refractivity contribution in [2.45, 2.75) is 38.4 Å². The van der Waals surface area contributed by atoms with Crippen LogP contribution in [0.15, 0.2) is 29.4 Å². The van der Waals surface area contributed by atoms with E-state index in [2.05, 4.69) is 5.16 Å². The second-order valence-electron chi connectivity index (χ2n) is 5.36. The van der Waals surface area contributed by atoms with Crippen LogP contribution in [0.4, 0.5) is 4.39 Å². The zero-order chi connectivity index (χ0) is 14.2. The number of carbonyl (C=O) groups is 1. The van der Waals surface area contributed by atoms with Gasteiger partial charge in [-0.15, -0.1) is 0 Å². The smallest absolute Gasteiger partial charge is 0.354 e. The van der Waals surface area contributed by atoms with Gasteiger partial charge in [0.15, 0.2) is 0 Å². The molecule has 0 radical (unpaired) electrons. The maximum absolute atomic E-state index is 12.8. The van der Waals surface area contributed by atoms with Crippen LogP contribution in [0, 0.1) is 11.7 Å². The summed E-state index contributed by atoms with van der Waals surface area (Å²) in [5, 5.41) is 3.95. The molecule has 2 unspecified atom stereocenters. The third-order valence-corrected chi connectivity index (χ3v) is 4.09. The van der Waals surface area contributed by atoms with Crippen LogP contribution < -0.4 is 0 Å². The Labute approximate surface area is 116 Å². The molecule has 3 rings (SSSR count). The number of rotatable bonds is 3. The van der Waals surface area contributed by atoms with Gasteiger partial charge in [0, 0.05) is 6.42 Å². The fourth-order valence-electron chi connectivity index (χ4n) is 2.98. The number of esters is 1. The highest BCUT2D eigenvalue weighted by molar-refractivity contribution is 5.95. The van der Waals surface area contributed by atoms with E-state index in [1.807, 2.05) is 6.92 Å². The summed E-state index contributed by atoms with van der Waals surface area (Å²) in [5.74, 6) is -0.647. The van der Waals surface area contributed by atoms with Gasteiger partial charge in [-0.25, -0.2) is 9.18 Å². The van der Waals surface area contributed by atoms with Crippen molar-refractivity contribution in [3.8, 4) is 0 Å². The molecule has 1 fully saturated rings. The zero-order valence-electron chi connectivity index (χ0n) is 11.3. The number of halogens is 1. The molecule has 4 nitrogen and oxygen atoms in total. The molecule has 1 aromatic rings. The molecule has 0 aromatic heterocycles. The van der Waals surface area contributed by atoms with Crippen molar-refractivity contribution in [1.82, 2.24) is 0 Å². The summed E-state index contributed by atoms with van der Waals surface area (Å²) < 4.78 is 18.2. The fourth-order valence-corrected chi connectivity index (χ4v) is 2.98. The lowest BCUT2D eigenvalue weighted by molar-refractivity contribution is -0.173. The van der Waals surface area contributed by atoms with Gasteiger partial charge >= 0.3 is 5.97 Å². The molecule has 0 N–H and O–H groups in total. The van der Waals surface area contributed by atoms with Gasteiger partial charge in [-0.05, 0) is 37.5 Å². The largest absolute Gasteiger partial charge is 0.458 e. The Bertz CT molecular complexity index is 555. The summed E-state index contributed by atoms with van der Waals surface area (Å²) in [7, 11) is 0. The number of benzene rings is 1. The molecule has 1 heterocycles. The lowest BCUT2D eigenvalue weighted by Crippen LogP contribution is -2.43. The van der Waals surface area contributed by atoms with Crippen LogP contribution in [0.2, 0.25) is 0 Å². The third-order valence-electron chi connectivity index (χ3n) is 4.09. The first-order valence-electron chi connectivity index (χ1n) is 6.76. The van der Waals surface area contributed by atoms with Gasteiger partial charge < -0.3 is 9.57 Å². The van der Waals surface area contributed by atoms with Crippen LogP contribution in [-0.2, 0) is 21.0 Å². The molecule has 20 heavy (non-hydrogen) atoms. The summed E-state index contributed by atoms with van der Waals surface area (Å²) in [4.78, 5) is 17.7. The Hall–Kier alpha value is -1.91.